The quantitative estimate of drug-likeness (QED) is 0.564. The summed E-state index contributed by atoms with van der Waals surface area (Å²) in [6.45, 7) is 1.95. The monoisotopic (exact) mass is 318 g/mol. The number of carbonyl (C=O) groups excluding carboxylic acids is 1. The number of hydrogen-bond acceptors (Lipinski definition) is 4. The number of nitriles is 1. The van der Waals surface area contributed by atoms with Crippen LogP contribution in [0, 0.1) is 18.3 Å². The molecule has 0 unspecified atom stereocenters. The predicted octanol–water partition coefficient (Wildman–Crippen LogP) is 4.66. The van der Waals surface area contributed by atoms with E-state index in [0.29, 0.717) is 16.1 Å². The van der Waals surface area contributed by atoms with Crippen molar-refractivity contribution in [2.24, 2.45) is 0 Å². The Labute approximate surface area is 138 Å². The summed E-state index contributed by atoms with van der Waals surface area (Å²) in [5.74, 6) is 0. The van der Waals surface area contributed by atoms with Crippen LogP contribution >= 0.6 is 11.3 Å². The zero-order valence-electron chi connectivity index (χ0n) is 12.5. The van der Waals surface area contributed by atoms with Crippen LogP contribution in [0.25, 0.3) is 22.3 Å². The molecule has 0 spiro atoms. The van der Waals surface area contributed by atoms with Crippen molar-refractivity contribution in [1.29, 1.82) is 5.26 Å². The van der Waals surface area contributed by atoms with Gasteiger partial charge in [-0.15, -0.1) is 11.3 Å². The van der Waals surface area contributed by atoms with Gasteiger partial charge in [0.05, 0.1) is 16.5 Å². The van der Waals surface area contributed by atoms with Gasteiger partial charge in [-0.1, -0.05) is 18.2 Å². The van der Waals surface area contributed by atoms with Gasteiger partial charge in [0.1, 0.15) is 0 Å². The molecule has 0 fully saturated rings. The molecule has 112 valence electrons. The minimum atomic E-state index is 0.614. The number of aryl methyl sites for hydroxylation is 1. The average Bonchev–Trinajstić information content (AvgIpc) is 2.99. The van der Waals surface area contributed by atoms with Crippen LogP contribution in [0.1, 0.15) is 20.8 Å². The number of anilines is 1. The second kappa shape index (κ2) is 6.07. The van der Waals surface area contributed by atoms with Crippen molar-refractivity contribution in [3.05, 3.63) is 63.8 Å². The molecule has 0 radical (unpaired) electrons. The molecule has 0 aliphatic rings. The minimum Gasteiger partial charge on any atom is -0.399 e. The van der Waals surface area contributed by atoms with E-state index in [9.17, 15) is 4.79 Å². The summed E-state index contributed by atoms with van der Waals surface area (Å²) < 4.78 is 0. The van der Waals surface area contributed by atoms with Crippen LogP contribution in [-0.2, 0) is 0 Å². The summed E-state index contributed by atoms with van der Waals surface area (Å²) in [4.78, 5) is 12.2. The maximum atomic E-state index is 11.5. The lowest BCUT2D eigenvalue weighted by molar-refractivity contribution is 0.112. The van der Waals surface area contributed by atoms with E-state index in [4.69, 9.17) is 11.0 Å². The maximum absolute atomic E-state index is 11.5. The minimum absolute atomic E-state index is 0.614. The third-order valence-corrected chi connectivity index (χ3v) is 4.68. The van der Waals surface area contributed by atoms with Crippen LogP contribution in [0.15, 0.2) is 47.8 Å². The van der Waals surface area contributed by atoms with Crippen LogP contribution in [0.3, 0.4) is 0 Å². The van der Waals surface area contributed by atoms with Gasteiger partial charge < -0.3 is 5.73 Å². The molecular formula is C19H14N2OS. The third kappa shape index (κ3) is 2.75. The highest BCUT2D eigenvalue weighted by molar-refractivity contribution is 7.12. The topological polar surface area (TPSA) is 66.9 Å². The summed E-state index contributed by atoms with van der Waals surface area (Å²) in [5, 5.41) is 11.0. The highest BCUT2D eigenvalue weighted by Gasteiger charge is 2.16. The van der Waals surface area contributed by atoms with Crippen molar-refractivity contribution in [3.8, 4) is 28.3 Å². The highest BCUT2D eigenvalue weighted by atomic mass is 32.1. The van der Waals surface area contributed by atoms with Crippen molar-refractivity contribution in [1.82, 2.24) is 0 Å². The number of aldehydes is 1. The van der Waals surface area contributed by atoms with E-state index in [2.05, 4.69) is 6.07 Å². The lowest BCUT2D eigenvalue weighted by Gasteiger charge is -2.10. The van der Waals surface area contributed by atoms with E-state index in [-0.39, 0.29) is 0 Å². The Morgan fingerprint density at radius 3 is 2.48 bits per heavy atom. The number of rotatable bonds is 3. The highest BCUT2D eigenvalue weighted by Crippen LogP contribution is 2.40. The predicted molar refractivity (Wildman–Crippen MR) is 94.4 cm³/mol. The molecule has 23 heavy (non-hydrogen) atoms. The molecule has 0 saturated heterocycles. The lowest BCUT2D eigenvalue weighted by atomic mass is 9.93. The SMILES string of the molecule is Cc1cc(C#N)ccc1-c1c(-c2ccc(N)cc2)csc1C=O. The van der Waals surface area contributed by atoms with Gasteiger partial charge in [0.25, 0.3) is 0 Å². The number of thiophene rings is 1. The fourth-order valence-corrected chi connectivity index (χ4v) is 3.52. The number of carbonyl (C=O) groups is 1. The molecule has 0 atom stereocenters. The molecule has 2 N–H and O–H groups in total. The van der Waals surface area contributed by atoms with E-state index in [1.54, 1.807) is 6.07 Å². The summed E-state index contributed by atoms with van der Waals surface area (Å²) >= 11 is 1.42. The van der Waals surface area contributed by atoms with Gasteiger partial charge in [-0.25, -0.2) is 0 Å². The summed E-state index contributed by atoms with van der Waals surface area (Å²) in [6, 6.07) is 15.3. The normalized spacial score (nSPS) is 10.3. The van der Waals surface area contributed by atoms with E-state index < -0.39 is 0 Å². The van der Waals surface area contributed by atoms with Crippen molar-refractivity contribution >= 4 is 23.3 Å². The first-order valence-electron chi connectivity index (χ1n) is 7.07. The number of hydrogen-bond donors (Lipinski definition) is 1. The van der Waals surface area contributed by atoms with Crippen molar-refractivity contribution in [3.63, 3.8) is 0 Å². The molecule has 1 heterocycles. The van der Waals surface area contributed by atoms with E-state index in [1.165, 1.54) is 11.3 Å². The Kier molecular flexibility index (Phi) is 3.96. The van der Waals surface area contributed by atoms with Crippen molar-refractivity contribution < 1.29 is 4.79 Å². The van der Waals surface area contributed by atoms with Crippen molar-refractivity contribution in [2.75, 3.05) is 5.73 Å². The van der Waals surface area contributed by atoms with Crippen LogP contribution in [0.5, 0.6) is 0 Å². The Hall–Kier alpha value is -2.90. The zero-order chi connectivity index (χ0) is 16.4. The van der Waals surface area contributed by atoms with Crippen LogP contribution in [0.4, 0.5) is 5.69 Å². The molecule has 4 heteroatoms. The first-order valence-corrected chi connectivity index (χ1v) is 7.95. The summed E-state index contributed by atoms with van der Waals surface area (Å²) in [5.41, 5.74) is 12.0. The molecule has 0 bridgehead atoms. The maximum Gasteiger partial charge on any atom is 0.160 e. The second-order valence-corrected chi connectivity index (χ2v) is 6.18. The van der Waals surface area contributed by atoms with Gasteiger partial charge in [-0.2, -0.15) is 5.26 Å². The molecular weight excluding hydrogens is 304 g/mol. The van der Waals surface area contributed by atoms with E-state index >= 15 is 0 Å². The van der Waals surface area contributed by atoms with Gasteiger partial charge in [0.2, 0.25) is 0 Å². The second-order valence-electron chi connectivity index (χ2n) is 5.27. The molecule has 0 saturated carbocycles. The Balaban J connectivity index is 2.23. The molecule has 1 aromatic heterocycles. The summed E-state index contributed by atoms with van der Waals surface area (Å²) in [7, 11) is 0. The van der Waals surface area contributed by atoms with Gasteiger partial charge in [0.15, 0.2) is 6.29 Å². The molecule has 3 nitrogen and oxygen atoms in total. The van der Waals surface area contributed by atoms with Gasteiger partial charge in [0, 0.05) is 16.8 Å². The number of nitrogens with zero attached hydrogens (tertiary/aromatic N) is 1. The van der Waals surface area contributed by atoms with Crippen LogP contribution < -0.4 is 5.73 Å². The number of nitrogens with two attached hydrogens (primary N) is 1. The Bertz CT molecular complexity index is 918. The van der Waals surface area contributed by atoms with Crippen LogP contribution in [0.2, 0.25) is 0 Å². The molecule has 2 aromatic carbocycles. The third-order valence-electron chi connectivity index (χ3n) is 3.77. The molecule has 0 aliphatic carbocycles. The van der Waals surface area contributed by atoms with E-state index in [1.807, 2.05) is 48.7 Å². The van der Waals surface area contributed by atoms with Gasteiger partial charge in [-0.05, 0) is 53.3 Å². The molecule has 3 rings (SSSR count). The fourth-order valence-electron chi connectivity index (χ4n) is 2.63. The lowest BCUT2D eigenvalue weighted by Crippen LogP contribution is -1.90. The largest absolute Gasteiger partial charge is 0.399 e. The first-order chi connectivity index (χ1) is 11.1. The molecule has 0 aliphatic heterocycles. The standard InChI is InChI=1S/C19H14N2OS/c1-12-8-13(9-20)2-7-16(12)19-17(11-23-18(19)10-22)14-3-5-15(21)6-4-14/h2-8,10-11H,21H2,1H3. The first kappa shape index (κ1) is 15.0. The Morgan fingerprint density at radius 1 is 1.13 bits per heavy atom. The zero-order valence-corrected chi connectivity index (χ0v) is 13.4. The smallest absolute Gasteiger partial charge is 0.160 e. The van der Waals surface area contributed by atoms with Gasteiger partial charge in [-0.3, -0.25) is 4.79 Å². The van der Waals surface area contributed by atoms with Gasteiger partial charge >= 0.3 is 0 Å². The molecule has 0 amide bonds. The average molecular weight is 318 g/mol. The van der Waals surface area contributed by atoms with Crippen molar-refractivity contribution in [2.45, 2.75) is 6.92 Å². The van der Waals surface area contributed by atoms with Crippen LogP contribution in [-0.4, -0.2) is 6.29 Å². The Morgan fingerprint density at radius 2 is 1.87 bits per heavy atom. The molecule has 3 aromatic rings. The fraction of sp³-hybridized carbons (Fsp3) is 0.0526. The number of benzene rings is 2. The summed E-state index contributed by atoms with van der Waals surface area (Å²) in [6.07, 6.45) is 0.887. The number of nitrogen functional groups attached to an aromatic ring is 1. The van der Waals surface area contributed by atoms with E-state index in [0.717, 1.165) is 34.1 Å².